The summed E-state index contributed by atoms with van der Waals surface area (Å²) in [5.41, 5.74) is 2.11. The van der Waals surface area contributed by atoms with E-state index in [0.29, 0.717) is 5.75 Å². The van der Waals surface area contributed by atoms with Crippen molar-refractivity contribution >= 4 is 10.0 Å². The molecule has 0 saturated carbocycles. The van der Waals surface area contributed by atoms with E-state index in [9.17, 15) is 8.42 Å². The Morgan fingerprint density at radius 2 is 1.71 bits per heavy atom. The maximum Gasteiger partial charge on any atom is 0.244 e. The third kappa shape index (κ3) is 4.07. The lowest BCUT2D eigenvalue weighted by molar-refractivity contribution is 0.391. The van der Waals surface area contributed by atoms with Crippen molar-refractivity contribution in [2.75, 3.05) is 14.2 Å². The van der Waals surface area contributed by atoms with E-state index in [1.54, 1.807) is 12.1 Å². The molecule has 5 nitrogen and oxygen atoms in total. The lowest BCUT2D eigenvalue weighted by Gasteiger charge is -2.17. The largest absolute Gasteiger partial charge is 0.497 e. The SMILES string of the molecule is CCc1ccc(C(C)NS(=O)(=O)c2cc(OC)ccc2OC)cc1. The van der Waals surface area contributed by atoms with Crippen LogP contribution in [0.4, 0.5) is 0 Å². The first kappa shape index (κ1) is 18.3. The highest BCUT2D eigenvalue weighted by Crippen LogP contribution is 2.29. The van der Waals surface area contributed by atoms with E-state index in [2.05, 4.69) is 11.6 Å². The van der Waals surface area contributed by atoms with E-state index in [4.69, 9.17) is 9.47 Å². The van der Waals surface area contributed by atoms with Crippen molar-refractivity contribution < 1.29 is 17.9 Å². The molecule has 2 aromatic rings. The van der Waals surface area contributed by atoms with Gasteiger partial charge in [0.2, 0.25) is 10.0 Å². The molecule has 1 N–H and O–H groups in total. The van der Waals surface area contributed by atoms with Crippen molar-refractivity contribution in [2.24, 2.45) is 0 Å². The minimum atomic E-state index is -3.75. The zero-order valence-corrected chi connectivity index (χ0v) is 15.2. The van der Waals surface area contributed by atoms with Crippen LogP contribution >= 0.6 is 0 Å². The van der Waals surface area contributed by atoms with Gasteiger partial charge in [0.05, 0.1) is 14.2 Å². The second-order valence-electron chi connectivity index (χ2n) is 5.45. The van der Waals surface area contributed by atoms with Crippen molar-refractivity contribution in [2.45, 2.75) is 31.2 Å². The highest BCUT2D eigenvalue weighted by Gasteiger charge is 2.23. The molecular weight excluding hydrogens is 326 g/mol. The number of hydrogen-bond acceptors (Lipinski definition) is 4. The van der Waals surface area contributed by atoms with Crippen LogP contribution in [0.5, 0.6) is 11.5 Å². The summed E-state index contributed by atoms with van der Waals surface area (Å²) in [5.74, 6) is 0.730. The van der Waals surface area contributed by atoms with Gasteiger partial charge in [0, 0.05) is 12.1 Å². The predicted molar refractivity (Wildman–Crippen MR) is 94.1 cm³/mol. The Labute approximate surface area is 143 Å². The Kier molecular flexibility index (Phi) is 5.85. The molecule has 0 spiro atoms. The highest BCUT2D eigenvalue weighted by molar-refractivity contribution is 7.89. The summed E-state index contributed by atoms with van der Waals surface area (Å²) in [4.78, 5) is 0.0568. The number of sulfonamides is 1. The minimum absolute atomic E-state index is 0.0568. The van der Waals surface area contributed by atoms with Crippen molar-refractivity contribution in [3.63, 3.8) is 0 Å². The van der Waals surface area contributed by atoms with E-state index in [1.807, 2.05) is 31.2 Å². The summed E-state index contributed by atoms with van der Waals surface area (Å²) in [5, 5.41) is 0. The number of nitrogens with one attached hydrogen (secondary N) is 1. The topological polar surface area (TPSA) is 64.6 Å². The van der Waals surface area contributed by atoms with Crippen LogP contribution in [0, 0.1) is 0 Å². The molecule has 24 heavy (non-hydrogen) atoms. The molecule has 0 heterocycles. The Hall–Kier alpha value is -2.05. The Morgan fingerprint density at radius 3 is 2.25 bits per heavy atom. The zero-order chi connectivity index (χ0) is 17.7. The van der Waals surface area contributed by atoms with Crippen LogP contribution in [0.3, 0.4) is 0 Å². The van der Waals surface area contributed by atoms with Crippen molar-refractivity contribution in [3.05, 3.63) is 53.6 Å². The molecule has 2 rings (SSSR count). The lowest BCUT2D eigenvalue weighted by atomic mass is 10.1. The second-order valence-corrected chi connectivity index (χ2v) is 7.14. The maximum atomic E-state index is 12.7. The summed E-state index contributed by atoms with van der Waals surface area (Å²) in [6, 6.07) is 12.2. The number of methoxy groups -OCH3 is 2. The Bertz CT molecular complexity index is 785. The summed E-state index contributed by atoms with van der Waals surface area (Å²) < 4.78 is 38.5. The van der Waals surface area contributed by atoms with Crippen LogP contribution in [-0.2, 0) is 16.4 Å². The summed E-state index contributed by atoms with van der Waals surface area (Å²) in [7, 11) is -0.826. The number of benzene rings is 2. The smallest absolute Gasteiger partial charge is 0.244 e. The van der Waals surface area contributed by atoms with Gasteiger partial charge in [-0.05, 0) is 36.6 Å². The molecule has 0 radical (unpaired) electrons. The van der Waals surface area contributed by atoms with Crippen LogP contribution in [0.25, 0.3) is 0 Å². The molecule has 0 aliphatic heterocycles. The van der Waals surface area contributed by atoms with Gasteiger partial charge in [-0.15, -0.1) is 0 Å². The molecule has 1 unspecified atom stereocenters. The molecule has 0 aliphatic carbocycles. The van der Waals surface area contributed by atoms with Crippen LogP contribution in [0.2, 0.25) is 0 Å². The molecule has 1 atom stereocenters. The molecule has 0 bridgehead atoms. The fourth-order valence-electron chi connectivity index (χ4n) is 2.40. The second kappa shape index (κ2) is 7.68. The monoisotopic (exact) mass is 349 g/mol. The summed E-state index contributed by atoms with van der Waals surface area (Å²) in [6.07, 6.45) is 0.946. The van der Waals surface area contributed by atoms with Gasteiger partial charge < -0.3 is 9.47 Å². The van der Waals surface area contributed by atoms with Crippen LogP contribution in [0.1, 0.15) is 31.0 Å². The maximum absolute atomic E-state index is 12.7. The van der Waals surface area contributed by atoms with E-state index < -0.39 is 10.0 Å². The average Bonchev–Trinajstić information content (AvgIpc) is 2.60. The van der Waals surface area contributed by atoms with Gasteiger partial charge in [-0.25, -0.2) is 13.1 Å². The van der Waals surface area contributed by atoms with Gasteiger partial charge in [-0.3, -0.25) is 0 Å². The van der Waals surface area contributed by atoms with Gasteiger partial charge in [0.1, 0.15) is 16.4 Å². The molecule has 130 valence electrons. The van der Waals surface area contributed by atoms with Crippen molar-refractivity contribution in [3.8, 4) is 11.5 Å². The first-order valence-electron chi connectivity index (χ1n) is 7.74. The normalized spacial score (nSPS) is 12.7. The first-order chi connectivity index (χ1) is 11.4. The number of rotatable bonds is 7. The molecule has 0 amide bonds. The van der Waals surface area contributed by atoms with Gasteiger partial charge in [-0.2, -0.15) is 0 Å². The van der Waals surface area contributed by atoms with Gasteiger partial charge in [0.25, 0.3) is 0 Å². The van der Waals surface area contributed by atoms with Gasteiger partial charge in [0.15, 0.2) is 0 Å². The molecule has 2 aromatic carbocycles. The first-order valence-corrected chi connectivity index (χ1v) is 9.22. The predicted octanol–water partition coefficient (Wildman–Crippen LogP) is 3.31. The van der Waals surface area contributed by atoms with E-state index in [1.165, 1.54) is 25.8 Å². The van der Waals surface area contributed by atoms with E-state index in [-0.39, 0.29) is 16.7 Å². The third-order valence-electron chi connectivity index (χ3n) is 3.88. The summed E-state index contributed by atoms with van der Waals surface area (Å²) in [6.45, 7) is 3.89. The van der Waals surface area contributed by atoms with Crippen LogP contribution < -0.4 is 14.2 Å². The zero-order valence-electron chi connectivity index (χ0n) is 14.4. The van der Waals surface area contributed by atoms with Crippen molar-refractivity contribution in [1.82, 2.24) is 4.72 Å². The minimum Gasteiger partial charge on any atom is -0.497 e. The summed E-state index contributed by atoms with van der Waals surface area (Å²) >= 11 is 0. The quantitative estimate of drug-likeness (QED) is 0.833. The number of aryl methyl sites for hydroxylation is 1. The Morgan fingerprint density at radius 1 is 1.04 bits per heavy atom. The van der Waals surface area contributed by atoms with Crippen molar-refractivity contribution in [1.29, 1.82) is 0 Å². The number of ether oxygens (including phenoxy) is 2. The fraction of sp³-hybridized carbons (Fsp3) is 0.333. The highest BCUT2D eigenvalue weighted by atomic mass is 32.2. The lowest BCUT2D eigenvalue weighted by Crippen LogP contribution is -2.27. The van der Waals surface area contributed by atoms with Gasteiger partial charge >= 0.3 is 0 Å². The molecule has 0 saturated heterocycles. The van der Waals surface area contributed by atoms with Crippen LogP contribution in [0.15, 0.2) is 47.4 Å². The fourth-order valence-corrected chi connectivity index (χ4v) is 3.82. The average molecular weight is 349 g/mol. The molecule has 0 aromatic heterocycles. The third-order valence-corrected chi connectivity index (χ3v) is 5.44. The number of hydrogen-bond donors (Lipinski definition) is 1. The Balaban J connectivity index is 2.29. The van der Waals surface area contributed by atoms with Crippen LogP contribution in [-0.4, -0.2) is 22.6 Å². The van der Waals surface area contributed by atoms with Gasteiger partial charge in [-0.1, -0.05) is 31.2 Å². The molecule has 0 fully saturated rings. The molecule has 0 aliphatic rings. The van der Waals surface area contributed by atoms with E-state index in [0.717, 1.165) is 12.0 Å². The molecular formula is C18H23NO4S. The standard InChI is InChI=1S/C18H23NO4S/c1-5-14-6-8-15(9-7-14)13(2)19-24(20,21)18-12-16(22-3)10-11-17(18)23-4/h6-13,19H,5H2,1-4H3. The molecule has 6 heteroatoms. The van der Waals surface area contributed by atoms with E-state index >= 15 is 0 Å².